The minimum absolute atomic E-state index is 0.0710. The van der Waals surface area contributed by atoms with Crippen LogP contribution in [0.1, 0.15) is 36.2 Å². The van der Waals surface area contributed by atoms with Crippen molar-refractivity contribution in [3.63, 3.8) is 0 Å². The molecule has 1 amide bonds. The summed E-state index contributed by atoms with van der Waals surface area (Å²) >= 11 is 0. The van der Waals surface area contributed by atoms with Crippen LogP contribution in [0.25, 0.3) is 0 Å². The first-order valence-corrected chi connectivity index (χ1v) is 9.22. The second kappa shape index (κ2) is 8.41. The molecular formula is C21H26FN3O. The lowest BCUT2D eigenvalue weighted by Gasteiger charge is -2.34. The van der Waals surface area contributed by atoms with Gasteiger partial charge >= 0.3 is 0 Å². The normalized spacial score (nSPS) is 18.8. The summed E-state index contributed by atoms with van der Waals surface area (Å²) in [6, 6.07) is 10.5. The van der Waals surface area contributed by atoms with Crippen LogP contribution in [0.2, 0.25) is 0 Å². The number of hydrogen-bond donors (Lipinski definition) is 0. The fourth-order valence-electron chi connectivity index (χ4n) is 3.58. The third-order valence-electron chi connectivity index (χ3n) is 5.03. The molecule has 4 nitrogen and oxygen atoms in total. The van der Waals surface area contributed by atoms with E-state index in [1.165, 1.54) is 12.1 Å². The number of pyridine rings is 1. The summed E-state index contributed by atoms with van der Waals surface area (Å²) in [5.41, 5.74) is 1.79. The molecule has 0 saturated carbocycles. The number of carbonyl (C=O) groups is 1. The van der Waals surface area contributed by atoms with Crippen LogP contribution in [0.5, 0.6) is 0 Å². The Bertz CT molecular complexity index is 718. The van der Waals surface area contributed by atoms with Crippen molar-refractivity contribution in [2.45, 2.75) is 32.9 Å². The predicted molar refractivity (Wildman–Crippen MR) is 100 cm³/mol. The van der Waals surface area contributed by atoms with Gasteiger partial charge in [0.15, 0.2) is 0 Å². The Hall–Kier alpha value is -2.27. The lowest BCUT2D eigenvalue weighted by atomic mass is 10.0. The molecular weight excluding hydrogens is 329 g/mol. The van der Waals surface area contributed by atoms with Gasteiger partial charge in [-0.05, 0) is 42.2 Å². The number of aromatic nitrogens is 1. The number of benzene rings is 1. The fourth-order valence-corrected chi connectivity index (χ4v) is 3.58. The molecule has 138 valence electrons. The van der Waals surface area contributed by atoms with Gasteiger partial charge in [-0.15, -0.1) is 0 Å². The van der Waals surface area contributed by atoms with Gasteiger partial charge in [-0.2, -0.15) is 0 Å². The molecule has 26 heavy (non-hydrogen) atoms. The Labute approximate surface area is 154 Å². The first-order valence-electron chi connectivity index (χ1n) is 9.22. The molecule has 1 aliphatic heterocycles. The van der Waals surface area contributed by atoms with Crippen molar-refractivity contribution in [3.8, 4) is 0 Å². The number of hydrogen-bond acceptors (Lipinski definition) is 3. The molecule has 2 heterocycles. The molecule has 0 aliphatic carbocycles. The highest BCUT2D eigenvalue weighted by Crippen LogP contribution is 2.21. The zero-order chi connectivity index (χ0) is 18.5. The largest absolute Gasteiger partial charge is 0.337 e. The molecule has 1 aliphatic rings. The molecule has 1 atom stereocenters. The maximum absolute atomic E-state index is 13.2. The Morgan fingerprint density at radius 1 is 1.15 bits per heavy atom. The third kappa shape index (κ3) is 4.47. The molecule has 5 heteroatoms. The van der Waals surface area contributed by atoms with Crippen LogP contribution in [-0.2, 0) is 6.54 Å². The zero-order valence-corrected chi connectivity index (χ0v) is 15.4. The van der Waals surface area contributed by atoms with E-state index >= 15 is 0 Å². The lowest BCUT2D eigenvalue weighted by molar-refractivity contribution is 0.0702. The van der Waals surface area contributed by atoms with E-state index < -0.39 is 0 Å². The van der Waals surface area contributed by atoms with Gasteiger partial charge in [-0.1, -0.05) is 26.0 Å². The van der Waals surface area contributed by atoms with Gasteiger partial charge in [0.2, 0.25) is 0 Å². The quantitative estimate of drug-likeness (QED) is 0.841. The Kier molecular flexibility index (Phi) is 5.99. The number of amides is 1. The average molecular weight is 355 g/mol. The summed E-state index contributed by atoms with van der Waals surface area (Å²) in [5.74, 6) is 0.280. The molecule has 1 saturated heterocycles. The second-order valence-corrected chi connectivity index (χ2v) is 7.25. The van der Waals surface area contributed by atoms with Gasteiger partial charge in [0, 0.05) is 50.2 Å². The van der Waals surface area contributed by atoms with Gasteiger partial charge in [-0.3, -0.25) is 14.7 Å². The molecule has 0 bridgehead atoms. The van der Waals surface area contributed by atoms with Gasteiger partial charge < -0.3 is 4.90 Å². The highest BCUT2D eigenvalue weighted by Gasteiger charge is 2.29. The van der Waals surface area contributed by atoms with Crippen LogP contribution >= 0.6 is 0 Å². The van der Waals surface area contributed by atoms with Gasteiger partial charge in [0.25, 0.3) is 5.91 Å². The van der Waals surface area contributed by atoms with Crippen molar-refractivity contribution in [1.82, 2.24) is 14.8 Å². The van der Waals surface area contributed by atoms with Gasteiger partial charge in [0.1, 0.15) is 5.82 Å². The third-order valence-corrected chi connectivity index (χ3v) is 5.03. The predicted octanol–water partition coefficient (Wildman–Crippen LogP) is 3.59. The van der Waals surface area contributed by atoms with Crippen LogP contribution in [0.3, 0.4) is 0 Å². The first kappa shape index (κ1) is 18.5. The van der Waals surface area contributed by atoms with E-state index in [0.717, 1.165) is 31.6 Å². The monoisotopic (exact) mass is 355 g/mol. The zero-order valence-electron chi connectivity index (χ0n) is 15.4. The summed E-state index contributed by atoms with van der Waals surface area (Å²) in [6.45, 7) is 7.57. The number of carbonyl (C=O) groups excluding carboxylic acids is 1. The molecule has 1 aromatic carbocycles. The lowest BCUT2D eigenvalue weighted by Crippen LogP contribution is -2.45. The van der Waals surface area contributed by atoms with Crippen molar-refractivity contribution in [3.05, 3.63) is 65.7 Å². The van der Waals surface area contributed by atoms with E-state index in [9.17, 15) is 9.18 Å². The summed E-state index contributed by atoms with van der Waals surface area (Å²) in [4.78, 5) is 21.2. The van der Waals surface area contributed by atoms with Crippen LogP contribution in [0.15, 0.2) is 48.8 Å². The SMILES string of the molecule is CC(C)C1CN(C(=O)c2ccncc2)CCCN1Cc1ccc(F)cc1. The van der Waals surface area contributed by atoms with Gasteiger partial charge in [-0.25, -0.2) is 4.39 Å². The minimum Gasteiger partial charge on any atom is -0.337 e. The molecule has 2 aromatic rings. The maximum atomic E-state index is 13.2. The molecule has 1 fully saturated rings. The van der Waals surface area contributed by atoms with Crippen molar-refractivity contribution in [1.29, 1.82) is 0 Å². The van der Waals surface area contributed by atoms with Crippen molar-refractivity contribution in [2.75, 3.05) is 19.6 Å². The average Bonchev–Trinajstić information content (AvgIpc) is 2.86. The van der Waals surface area contributed by atoms with Gasteiger partial charge in [0.05, 0.1) is 0 Å². The number of halogens is 1. The van der Waals surface area contributed by atoms with Crippen molar-refractivity contribution < 1.29 is 9.18 Å². The highest BCUT2D eigenvalue weighted by atomic mass is 19.1. The Morgan fingerprint density at radius 3 is 2.50 bits per heavy atom. The standard InChI is InChI=1S/C21H26FN3O/c1-16(2)20-15-25(21(26)18-8-10-23-11-9-18)13-3-12-24(20)14-17-4-6-19(22)7-5-17/h4-11,16,20H,3,12-15H2,1-2H3. The molecule has 3 rings (SSSR count). The van der Waals surface area contributed by atoms with Crippen LogP contribution in [-0.4, -0.2) is 46.4 Å². The molecule has 1 aromatic heterocycles. The van der Waals surface area contributed by atoms with Crippen LogP contribution in [0.4, 0.5) is 4.39 Å². The highest BCUT2D eigenvalue weighted by molar-refractivity contribution is 5.94. The van der Waals surface area contributed by atoms with E-state index in [1.807, 2.05) is 17.0 Å². The van der Waals surface area contributed by atoms with Crippen molar-refractivity contribution in [2.24, 2.45) is 5.92 Å². The molecule has 0 spiro atoms. The number of rotatable bonds is 4. The summed E-state index contributed by atoms with van der Waals surface area (Å²) in [7, 11) is 0. The Morgan fingerprint density at radius 2 is 1.85 bits per heavy atom. The van der Waals surface area contributed by atoms with E-state index in [1.54, 1.807) is 24.5 Å². The molecule has 0 N–H and O–H groups in total. The minimum atomic E-state index is -0.209. The number of nitrogens with zero attached hydrogens (tertiary/aromatic N) is 3. The Balaban J connectivity index is 1.75. The fraction of sp³-hybridized carbons (Fsp3) is 0.429. The van der Waals surface area contributed by atoms with Crippen LogP contribution < -0.4 is 0 Å². The first-order chi connectivity index (χ1) is 12.5. The summed E-state index contributed by atoms with van der Waals surface area (Å²) in [6.07, 6.45) is 4.25. The van der Waals surface area contributed by atoms with Crippen LogP contribution in [0, 0.1) is 11.7 Å². The smallest absolute Gasteiger partial charge is 0.254 e. The topological polar surface area (TPSA) is 36.4 Å². The van der Waals surface area contributed by atoms with E-state index in [2.05, 4.69) is 23.7 Å². The summed E-state index contributed by atoms with van der Waals surface area (Å²) in [5, 5.41) is 0. The maximum Gasteiger partial charge on any atom is 0.254 e. The van der Waals surface area contributed by atoms with E-state index in [4.69, 9.17) is 0 Å². The van der Waals surface area contributed by atoms with Crippen molar-refractivity contribution >= 4 is 5.91 Å². The molecule has 1 unspecified atom stereocenters. The summed E-state index contributed by atoms with van der Waals surface area (Å²) < 4.78 is 13.2. The second-order valence-electron chi connectivity index (χ2n) is 7.25. The van der Waals surface area contributed by atoms with E-state index in [-0.39, 0.29) is 17.8 Å². The molecule has 0 radical (unpaired) electrons. The van der Waals surface area contributed by atoms with E-state index in [0.29, 0.717) is 18.0 Å².